The van der Waals surface area contributed by atoms with E-state index in [0.717, 1.165) is 18.2 Å². The molecule has 0 aliphatic rings. The Bertz CT molecular complexity index is 655. The second kappa shape index (κ2) is 6.85. The fourth-order valence-electron chi connectivity index (χ4n) is 1.89. The third-order valence-corrected chi connectivity index (χ3v) is 3.02. The lowest BCUT2D eigenvalue weighted by Crippen LogP contribution is -2.15. The van der Waals surface area contributed by atoms with Crippen LogP contribution in [0, 0.1) is 0 Å². The van der Waals surface area contributed by atoms with Crippen LogP contribution in [0.5, 0.6) is 5.88 Å². The number of hydrogen-bond acceptors (Lipinski definition) is 4. The molecule has 2 rings (SSSR count). The van der Waals surface area contributed by atoms with Crippen molar-refractivity contribution in [3.05, 3.63) is 41.6 Å². The standard InChI is InChI=1S/C16H18F3N3O/c1-4-11-5-7-12(8-6-11)21-15-20-9-13(16(17,18)19)14(22-15)23-10(2)3/h5-10H,4H2,1-3H3,(H,20,21,22). The van der Waals surface area contributed by atoms with Gasteiger partial charge in [0.2, 0.25) is 11.8 Å². The highest BCUT2D eigenvalue weighted by Crippen LogP contribution is 2.35. The SMILES string of the molecule is CCc1ccc(Nc2ncc(C(F)(F)F)c(OC(C)C)n2)cc1. The Kier molecular flexibility index (Phi) is 5.08. The van der Waals surface area contributed by atoms with Crippen molar-refractivity contribution in [1.29, 1.82) is 0 Å². The van der Waals surface area contributed by atoms with Gasteiger partial charge in [-0.2, -0.15) is 18.2 Å². The highest BCUT2D eigenvalue weighted by atomic mass is 19.4. The number of nitrogens with zero attached hydrogens (tertiary/aromatic N) is 2. The van der Waals surface area contributed by atoms with Crippen molar-refractivity contribution in [2.45, 2.75) is 39.5 Å². The molecule has 1 aromatic heterocycles. The van der Waals surface area contributed by atoms with Gasteiger partial charge in [0.25, 0.3) is 0 Å². The molecule has 0 amide bonds. The number of anilines is 2. The van der Waals surface area contributed by atoms with E-state index < -0.39 is 23.7 Å². The van der Waals surface area contributed by atoms with Gasteiger partial charge in [0.15, 0.2) is 0 Å². The van der Waals surface area contributed by atoms with Crippen molar-refractivity contribution >= 4 is 11.6 Å². The number of nitrogens with one attached hydrogen (secondary N) is 1. The first-order valence-electron chi connectivity index (χ1n) is 7.26. The van der Waals surface area contributed by atoms with E-state index in [-0.39, 0.29) is 5.95 Å². The summed E-state index contributed by atoms with van der Waals surface area (Å²) in [7, 11) is 0. The largest absolute Gasteiger partial charge is 0.474 e. The van der Waals surface area contributed by atoms with Crippen molar-refractivity contribution in [2.24, 2.45) is 0 Å². The van der Waals surface area contributed by atoms with E-state index in [1.54, 1.807) is 13.8 Å². The number of hydrogen-bond donors (Lipinski definition) is 1. The van der Waals surface area contributed by atoms with Crippen molar-refractivity contribution in [3.8, 4) is 5.88 Å². The van der Waals surface area contributed by atoms with Crippen molar-refractivity contribution in [2.75, 3.05) is 5.32 Å². The van der Waals surface area contributed by atoms with Gasteiger partial charge in [0, 0.05) is 11.9 Å². The summed E-state index contributed by atoms with van der Waals surface area (Å²) in [5, 5.41) is 2.88. The number of aryl methyl sites for hydroxylation is 1. The maximum Gasteiger partial charge on any atom is 0.423 e. The van der Waals surface area contributed by atoms with Crippen molar-refractivity contribution < 1.29 is 17.9 Å². The molecule has 1 heterocycles. The van der Waals surface area contributed by atoms with Crippen LogP contribution >= 0.6 is 0 Å². The van der Waals surface area contributed by atoms with Crippen LogP contribution in [-0.2, 0) is 12.6 Å². The van der Waals surface area contributed by atoms with E-state index in [2.05, 4.69) is 15.3 Å². The molecule has 4 nitrogen and oxygen atoms in total. The summed E-state index contributed by atoms with van der Waals surface area (Å²) in [5.41, 5.74) is 0.864. The van der Waals surface area contributed by atoms with E-state index >= 15 is 0 Å². The number of halogens is 3. The lowest BCUT2D eigenvalue weighted by Gasteiger charge is -2.16. The molecule has 2 aromatic rings. The second-order valence-corrected chi connectivity index (χ2v) is 5.25. The summed E-state index contributed by atoms with van der Waals surface area (Å²) in [4.78, 5) is 7.58. The molecular weight excluding hydrogens is 307 g/mol. The summed E-state index contributed by atoms with van der Waals surface area (Å²) in [6.07, 6.45) is -3.36. The average molecular weight is 325 g/mol. The maximum absolute atomic E-state index is 13.0. The van der Waals surface area contributed by atoms with Gasteiger partial charge in [-0.15, -0.1) is 0 Å². The Hall–Kier alpha value is -2.31. The molecule has 0 saturated carbocycles. The fourth-order valence-corrected chi connectivity index (χ4v) is 1.89. The lowest BCUT2D eigenvalue weighted by atomic mass is 10.1. The first-order chi connectivity index (χ1) is 10.8. The van der Waals surface area contributed by atoms with E-state index in [9.17, 15) is 13.2 Å². The highest BCUT2D eigenvalue weighted by Gasteiger charge is 2.36. The van der Waals surface area contributed by atoms with Crippen LogP contribution in [0.2, 0.25) is 0 Å². The smallest absolute Gasteiger partial charge is 0.423 e. The minimum atomic E-state index is -4.56. The zero-order chi connectivity index (χ0) is 17.0. The quantitative estimate of drug-likeness (QED) is 0.873. The number of aromatic nitrogens is 2. The van der Waals surface area contributed by atoms with Crippen LogP contribution in [0.4, 0.5) is 24.8 Å². The summed E-state index contributed by atoms with van der Waals surface area (Å²) in [6.45, 7) is 5.31. The van der Waals surface area contributed by atoms with Gasteiger partial charge in [0.1, 0.15) is 5.56 Å². The number of alkyl halides is 3. The van der Waals surface area contributed by atoms with Crippen molar-refractivity contribution in [1.82, 2.24) is 9.97 Å². The molecule has 7 heteroatoms. The lowest BCUT2D eigenvalue weighted by molar-refractivity contribution is -0.139. The molecule has 1 aromatic carbocycles. The molecule has 0 radical (unpaired) electrons. The van der Waals surface area contributed by atoms with E-state index in [1.807, 2.05) is 31.2 Å². The molecule has 0 aliphatic carbocycles. The summed E-state index contributed by atoms with van der Waals surface area (Å²) in [5.74, 6) is -0.423. The molecule has 124 valence electrons. The van der Waals surface area contributed by atoms with Crippen LogP contribution in [0.15, 0.2) is 30.5 Å². The minimum absolute atomic E-state index is 0.0536. The van der Waals surface area contributed by atoms with E-state index in [0.29, 0.717) is 5.69 Å². The van der Waals surface area contributed by atoms with Crippen LogP contribution in [0.1, 0.15) is 31.9 Å². The number of benzene rings is 1. The molecule has 0 aliphatic heterocycles. The van der Waals surface area contributed by atoms with Crippen LogP contribution in [0.25, 0.3) is 0 Å². The monoisotopic (exact) mass is 325 g/mol. The third kappa shape index (κ3) is 4.58. The maximum atomic E-state index is 13.0. The van der Waals surface area contributed by atoms with E-state index in [1.165, 1.54) is 0 Å². The second-order valence-electron chi connectivity index (χ2n) is 5.25. The molecule has 0 atom stereocenters. The Labute approximate surface area is 132 Å². The molecule has 0 saturated heterocycles. The summed E-state index contributed by atoms with van der Waals surface area (Å²) >= 11 is 0. The predicted octanol–water partition coefficient (Wildman–Crippen LogP) is 4.59. The Morgan fingerprint density at radius 3 is 2.35 bits per heavy atom. The van der Waals surface area contributed by atoms with Gasteiger partial charge in [-0.3, -0.25) is 0 Å². The summed E-state index contributed by atoms with van der Waals surface area (Å²) in [6, 6.07) is 7.50. The average Bonchev–Trinajstić information content (AvgIpc) is 2.46. The van der Waals surface area contributed by atoms with Gasteiger partial charge < -0.3 is 10.1 Å². The van der Waals surface area contributed by atoms with Crippen molar-refractivity contribution in [3.63, 3.8) is 0 Å². The van der Waals surface area contributed by atoms with Gasteiger partial charge >= 0.3 is 6.18 Å². The van der Waals surface area contributed by atoms with Crippen LogP contribution in [-0.4, -0.2) is 16.1 Å². The first kappa shape index (κ1) is 17.1. The number of ether oxygens (including phenoxy) is 1. The molecule has 0 unspecified atom stereocenters. The highest BCUT2D eigenvalue weighted by molar-refractivity contribution is 5.54. The zero-order valence-electron chi connectivity index (χ0n) is 13.1. The molecule has 0 fully saturated rings. The van der Waals surface area contributed by atoms with Gasteiger partial charge in [-0.1, -0.05) is 19.1 Å². The normalized spacial score (nSPS) is 11.6. The summed E-state index contributed by atoms with van der Waals surface area (Å²) < 4.78 is 44.1. The Balaban J connectivity index is 2.28. The predicted molar refractivity (Wildman–Crippen MR) is 81.9 cm³/mol. The topological polar surface area (TPSA) is 47.0 Å². The Morgan fingerprint density at radius 2 is 1.83 bits per heavy atom. The molecule has 1 N–H and O–H groups in total. The fraction of sp³-hybridized carbons (Fsp3) is 0.375. The van der Waals surface area contributed by atoms with Gasteiger partial charge in [0.05, 0.1) is 6.10 Å². The molecule has 0 spiro atoms. The molecule has 23 heavy (non-hydrogen) atoms. The van der Waals surface area contributed by atoms with E-state index in [4.69, 9.17) is 4.74 Å². The van der Waals surface area contributed by atoms with Gasteiger partial charge in [-0.05, 0) is 38.0 Å². The Morgan fingerprint density at radius 1 is 1.17 bits per heavy atom. The zero-order valence-corrected chi connectivity index (χ0v) is 13.1. The minimum Gasteiger partial charge on any atom is -0.474 e. The third-order valence-electron chi connectivity index (χ3n) is 3.02. The molecular formula is C16H18F3N3O. The molecule has 0 bridgehead atoms. The number of rotatable bonds is 5. The first-order valence-corrected chi connectivity index (χ1v) is 7.26. The van der Waals surface area contributed by atoms with Crippen LogP contribution < -0.4 is 10.1 Å². The van der Waals surface area contributed by atoms with Crippen LogP contribution in [0.3, 0.4) is 0 Å². The van der Waals surface area contributed by atoms with Gasteiger partial charge in [-0.25, -0.2) is 4.98 Å².